The summed E-state index contributed by atoms with van der Waals surface area (Å²) in [6.45, 7) is 0.640. The molecule has 1 amide bonds. The SMILES string of the molecule is COc1cc(/C=C(/C#N)C(=O)NCCc2c[nH]c3ccccc23)cc(I)c1OCc1ccc(F)cc1. The zero-order valence-corrected chi connectivity index (χ0v) is 21.6. The Labute approximate surface area is 221 Å². The van der Waals surface area contributed by atoms with Gasteiger partial charge in [-0.2, -0.15) is 5.26 Å². The van der Waals surface area contributed by atoms with Gasteiger partial charge in [-0.15, -0.1) is 0 Å². The summed E-state index contributed by atoms with van der Waals surface area (Å²) < 4.78 is 25.3. The number of nitrogens with zero attached hydrogens (tertiary/aromatic N) is 1. The molecule has 0 bridgehead atoms. The van der Waals surface area contributed by atoms with E-state index in [-0.39, 0.29) is 18.0 Å². The number of hydrogen-bond acceptors (Lipinski definition) is 4. The van der Waals surface area contributed by atoms with Crippen LogP contribution in [0.2, 0.25) is 0 Å². The highest BCUT2D eigenvalue weighted by Crippen LogP contribution is 2.35. The van der Waals surface area contributed by atoms with Crippen molar-refractivity contribution in [2.24, 2.45) is 0 Å². The molecule has 0 aliphatic carbocycles. The molecule has 0 fully saturated rings. The van der Waals surface area contributed by atoms with Gasteiger partial charge in [-0.25, -0.2) is 4.39 Å². The van der Waals surface area contributed by atoms with Crippen LogP contribution in [0.4, 0.5) is 4.39 Å². The van der Waals surface area contributed by atoms with Crippen LogP contribution in [0.25, 0.3) is 17.0 Å². The molecule has 182 valence electrons. The standard InChI is InChI=1S/C28H23FIN3O3/c1-35-26-14-19(13-24(30)27(26)36-17-18-6-8-22(29)9-7-18)12-21(15-31)28(34)32-11-10-20-16-33-25-5-3-2-4-23(20)25/h2-9,12-14,16,33H,10-11,17H2,1H3,(H,32,34)/b21-12-. The molecule has 0 saturated heterocycles. The zero-order chi connectivity index (χ0) is 25.5. The van der Waals surface area contributed by atoms with Crippen LogP contribution in [0.1, 0.15) is 16.7 Å². The third kappa shape index (κ3) is 6.04. The van der Waals surface area contributed by atoms with Crippen LogP contribution in [0.15, 0.2) is 72.4 Å². The highest BCUT2D eigenvalue weighted by molar-refractivity contribution is 14.1. The summed E-state index contributed by atoms with van der Waals surface area (Å²) in [6.07, 6.45) is 4.10. The first kappa shape index (κ1) is 25.3. The lowest BCUT2D eigenvalue weighted by atomic mass is 10.1. The first-order chi connectivity index (χ1) is 17.5. The normalized spacial score (nSPS) is 11.2. The molecular weight excluding hydrogens is 572 g/mol. The van der Waals surface area contributed by atoms with E-state index in [0.29, 0.717) is 30.0 Å². The van der Waals surface area contributed by atoms with Crippen LogP contribution < -0.4 is 14.8 Å². The van der Waals surface area contributed by atoms with Crippen LogP contribution in [-0.2, 0) is 17.8 Å². The fourth-order valence-electron chi connectivity index (χ4n) is 3.76. The number of para-hydroxylation sites is 1. The van der Waals surface area contributed by atoms with E-state index < -0.39 is 5.91 Å². The molecule has 8 heteroatoms. The van der Waals surface area contributed by atoms with Crippen LogP contribution in [0.5, 0.6) is 11.5 Å². The van der Waals surface area contributed by atoms with E-state index >= 15 is 0 Å². The number of carbonyl (C=O) groups excluding carboxylic acids is 1. The van der Waals surface area contributed by atoms with Gasteiger partial charge in [0.05, 0.1) is 10.7 Å². The second kappa shape index (κ2) is 11.7. The van der Waals surface area contributed by atoms with Crippen LogP contribution in [-0.4, -0.2) is 24.5 Å². The Morgan fingerprint density at radius 2 is 1.97 bits per heavy atom. The smallest absolute Gasteiger partial charge is 0.261 e. The van der Waals surface area contributed by atoms with Gasteiger partial charge >= 0.3 is 0 Å². The number of aromatic nitrogens is 1. The number of nitrogens with one attached hydrogen (secondary N) is 2. The summed E-state index contributed by atoms with van der Waals surface area (Å²) in [5.74, 6) is 0.244. The van der Waals surface area contributed by atoms with Crippen molar-refractivity contribution < 1.29 is 18.7 Å². The highest BCUT2D eigenvalue weighted by Gasteiger charge is 2.14. The number of H-pyrrole nitrogens is 1. The monoisotopic (exact) mass is 595 g/mol. The molecular formula is C28H23FIN3O3. The maximum Gasteiger partial charge on any atom is 0.261 e. The summed E-state index contributed by atoms with van der Waals surface area (Å²) in [7, 11) is 1.52. The Kier molecular flexibility index (Phi) is 8.23. The van der Waals surface area contributed by atoms with Gasteiger partial charge in [0.2, 0.25) is 0 Å². The topological polar surface area (TPSA) is 87.1 Å². The summed E-state index contributed by atoms with van der Waals surface area (Å²) >= 11 is 2.11. The molecule has 0 radical (unpaired) electrons. The maximum absolute atomic E-state index is 13.1. The Balaban J connectivity index is 1.43. The lowest BCUT2D eigenvalue weighted by Crippen LogP contribution is -2.26. The number of methoxy groups -OCH3 is 1. The number of carbonyl (C=O) groups is 1. The first-order valence-electron chi connectivity index (χ1n) is 11.2. The van der Waals surface area contributed by atoms with E-state index in [4.69, 9.17) is 9.47 Å². The maximum atomic E-state index is 13.1. The molecule has 0 saturated carbocycles. The molecule has 0 aliphatic rings. The summed E-state index contributed by atoms with van der Waals surface area (Å²) in [4.78, 5) is 15.9. The fraction of sp³-hybridized carbons (Fsp3) is 0.143. The van der Waals surface area contributed by atoms with Gasteiger partial charge in [0, 0.05) is 23.6 Å². The second-order valence-electron chi connectivity index (χ2n) is 7.98. The minimum absolute atomic E-state index is 0.00763. The van der Waals surface area contributed by atoms with Crippen molar-refractivity contribution in [3.8, 4) is 17.6 Å². The van der Waals surface area contributed by atoms with Crippen molar-refractivity contribution in [2.75, 3.05) is 13.7 Å². The number of nitriles is 1. The first-order valence-corrected chi connectivity index (χ1v) is 12.3. The minimum Gasteiger partial charge on any atom is -0.493 e. The van der Waals surface area contributed by atoms with Gasteiger partial charge in [-0.3, -0.25) is 4.79 Å². The summed E-state index contributed by atoms with van der Waals surface area (Å²) in [5, 5.41) is 13.5. The number of fused-ring (bicyclic) bond motifs is 1. The highest BCUT2D eigenvalue weighted by atomic mass is 127. The van der Waals surface area contributed by atoms with Crippen molar-refractivity contribution >= 4 is 45.5 Å². The van der Waals surface area contributed by atoms with Crippen LogP contribution >= 0.6 is 22.6 Å². The van der Waals surface area contributed by atoms with E-state index in [1.807, 2.05) is 36.5 Å². The molecule has 6 nitrogen and oxygen atoms in total. The lowest BCUT2D eigenvalue weighted by molar-refractivity contribution is -0.117. The number of rotatable bonds is 9. The predicted molar refractivity (Wildman–Crippen MR) is 145 cm³/mol. The molecule has 3 aromatic carbocycles. The van der Waals surface area contributed by atoms with Crippen molar-refractivity contribution in [3.05, 3.63) is 98.5 Å². The van der Waals surface area contributed by atoms with Gasteiger partial charge in [-0.1, -0.05) is 30.3 Å². The van der Waals surface area contributed by atoms with E-state index in [9.17, 15) is 14.4 Å². The van der Waals surface area contributed by atoms with Gasteiger partial charge in [-0.05, 0) is 82.1 Å². The Bertz CT molecular complexity index is 1460. The number of amides is 1. The molecule has 0 atom stereocenters. The lowest BCUT2D eigenvalue weighted by Gasteiger charge is -2.14. The molecule has 1 aromatic heterocycles. The average Bonchev–Trinajstić information content (AvgIpc) is 3.30. The average molecular weight is 595 g/mol. The number of aromatic amines is 1. The van der Waals surface area contributed by atoms with E-state index in [0.717, 1.165) is 25.6 Å². The number of benzene rings is 3. The number of ether oxygens (including phenoxy) is 2. The van der Waals surface area contributed by atoms with Crippen molar-refractivity contribution in [1.82, 2.24) is 10.3 Å². The van der Waals surface area contributed by atoms with E-state index in [1.165, 1.54) is 25.3 Å². The number of halogens is 2. The number of hydrogen-bond donors (Lipinski definition) is 2. The molecule has 2 N–H and O–H groups in total. The molecule has 0 spiro atoms. The molecule has 4 aromatic rings. The Morgan fingerprint density at radius 3 is 2.72 bits per heavy atom. The molecule has 0 aliphatic heterocycles. The largest absolute Gasteiger partial charge is 0.493 e. The molecule has 1 heterocycles. The zero-order valence-electron chi connectivity index (χ0n) is 19.5. The van der Waals surface area contributed by atoms with Crippen molar-refractivity contribution in [1.29, 1.82) is 5.26 Å². The second-order valence-corrected chi connectivity index (χ2v) is 9.15. The Morgan fingerprint density at radius 1 is 1.19 bits per heavy atom. The van der Waals surface area contributed by atoms with Gasteiger partial charge in [0.15, 0.2) is 11.5 Å². The fourth-order valence-corrected chi connectivity index (χ4v) is 4.54. The Hall–Kier alpha value is -3.84. The van der Waals surface area contributed by atoms with Crippen molar-refractivity contribution in [3.63, 3.8) is 0 Å². The van der Waals surface area contributed by atoms with Crippen molar-refractivity contribution in [2.45, 2.75) is 13.0 Å². The van der Waals surface area contributed by atoms with Crippen LogP contribution in [0.3, 0.4) is 0 Å². The summed E-state index contributed by atoms with van der Waals surface area (Å²) in [6, 6.07) is 19.5. The van der Waals surface area contributed by atoms with Gasteiger partial charge in [0.1, 0.15) is 24.1 Å². The molecule has 0 unspecified atom stereocenters. The third-order valence-electron chi connectivity index (χ3n) is 5.58. The molecule has 4 rings (SSSR count). The van der Waals surface area contributed by atoms with Gasteiger partial charge < -0.3 is 19.8 Å². The predicted octanol–water partition coefficient (Wildman–Crippen LogP) is 5.77. The van der Waals surface area contributed by atoms with E-state index in [2.05, 4.69) is 32.9 Å². The third-order valence-corrected chi connectivity index (χ3v) is 6.38. The van der Waals surface area contributed by atoms with Gasteiger partial charge in [0.25, 0.3) is 5.91 Å². The summed E-state index contributed by atoms with van der Waals surface area (Å²) in [5.41, 5.74) is 3.59. The van der Waals surface area contributed by atoms with E-state index in [1.54, 1.807) is 24.3 Å². The quantitative estimate of drug-likeness (QED) is 0.146. The minimum atomic E-state index is -0.442. The molecule has 36 heavy (non-hydrogen) atoms. The van der Waals surface area contributed by atoms with Crippen LogP contribution in [0, 0.1) is 20.7 Å².